The van der Waals surface area contributed by atoms with Crippen molar-refractivity contribution < 1.29 is 19.1 Å². The van der Waals surface area contributed by atoms with Crippen LogP contribution in [0.3, 0.4) is 0 Å². The number of ether oxygens (including phenoxy) is 2. The molecule has 0 spiro atoms. The molecule has 1 aromatic rings. The number of carbonyl (C=O) groups excluding carboxylic acids is 2. The Morgan fingerprint density at radius 2 is 1.80 bits per heavy atom. The maximum Gasteiger partial charge on any atom is 0.337 e. The third-order valence-electron chi connectivity index (χ3n) is 3.16. The predicted molar refractivity (Wildman–Crippen MR) is 102 cm³/mol. The molecule has 1 amide bonds. The Bertz CT molecular complexity index is 608. The van der Waals surface area contributed by atoms with Gasteiger partial charge in [0.15, 0.2) is 0 Å². The van der Waals surface area contributed by atoms with Gasteiger partial charge in [0.2, 0.25) is 5.91 Å². The van der Waals surface area contributed by atoms with Crippen LogP contribution in [-0.2, 0) is 14.3 Å². The van der Waals surface area contributed by atoms with Gasteiger partial charge in [-0.15, -0.1) is 0 Å². The van der Waals surface area contributed by atoms with Crippen molar-refractivity contribution in [1.29, 1.82) is 0 Å². The Morgan fingerprint density at radius 3 is 2.28 bits per heavy atom. The fourth-order valence-electron chi connectivity index (χ4n) is 2.04. The highest BCUT2D eigenvalue weighted by molar-refractivity contribution is 7.80. The summed E-state index contributed by atoms with van der Waals surface area (Å²) < 4.78 is 10.2. The smallest absolute Gasteiger partial charge is 0.337 e. The van der Waals surface area contributed by atoms with E-state index in [1.165, 1.54) is 7.11 Å². The van der Waals surface area contributed by atoms with E-state index in [-0.39, 0.29) is 11.1 Å². The molecule has 1 rings (SSSR count). The van der Waals surface area contributed by atoms with Gasteiger partial charge in [-0.25, -0.2) is 4.79 Å². The van der Waals surface area contributed by atoms with E-state index in [0.29, 0.717) is 17.7 Å². The van der Waals surface area contributed by atoms with Gasteiger partial charge < -0.3 is 20.1 Å². The maximum absolute atomic E-state index is 12.5. The number of amides is 1. The Labute approximate surface area is 154 Å². The lowest BCUT2D eigenvalue weighted by Gasteiger charge is -2.25. The minimum Gasteiger partial charge on any atom is -0.465 e. The van der Waals surface area contributed by atoms with E-state index < -0.39 is 17.6 Å². The summed E-state index contributed by atoms with van der Waals surface area (Å²) in [6.45, 7) is 7.65. The summed E-state index contributed by atoms with van der Waals surface area (Å²) >= 11 is 5.17. The monoisotopic (exact) mass is 366 g/mol. The standard InChI is InChI=1S/C18H26N2O4S/c1-6-7-14(20-17(25)24-18(2,3)4)15(21)19-13-10-8-12(9-11-13)16(22)23-5/h8-11,14H,6-7H2,1-5H3,(H,19,21)(H,20,25)/t14-/m0/s1. The third-order valence-corrected chi connectivity index (χ3v) is 3.36. The van der Waals surface area contributed by atoms with Gasteiger partial charge >= 0.3 is 5.97 Å². The summed E-state index contributed by atoms with van der Waals surface area (Å²) in [5.41, 5.74) is 0.577. The first kappa shape index (κ1) is 20.9. The molecule has 1 aromatic carbocycles. The van der Waals surface area contributed by atoms with Crippen LogP contribution in [0.25, 0.3) is 0 Å². The number of thiocarbonyl (C=S) groups is 1. The number of methoxy groups -OCH3 is 1. The summed E-state index contributed by atoms with van der Waals surface area (Å²) in [4.78, 5) is 23.9. The zero-order valence-corrected chi connectivity index (χ0v) is 16.2. The van der Waals surface area contributed by atoms with Crippen molar-refractivity contribution in [2.24, 2.45) is 0 Å². The minimum atomic E-state index is -0.500. The summed E-state index contributed by atoms with van der Waals surface area (Å²) in [7, 11) is 1.32. The van der Waals surface area contributed by atoms with Crippen LogP contribution < -0.4 is 10.6 Å². The number of nitrogens with one attached hydrogen (secondary N) is 2. The van der Waals surface area contributed by atoms with Gasteiger partial charge in [0.1, 0.15) is 11.6 Å². The molecule has 0 heterocycles. The molecule has 2 N–H and O–H groups in total. The Hall–Kier alpha value is -2.15. The van der Waals surface area contributed by atoms with Crippen molar-refractivity contribution in [3.8, 4) is 0 Å². The van der Waals surface area contributed by atoms with Crippen molar-refractivity contribution in [3.05, 3.63) is 29.8 Å². The number of hydrogen-bond donors (Lipinski definition) is 2. The Kier molecular flexibility index (Phi) is 7.83. The molecule has 138 valence electrons. The lowest BCUT2D eigenvalue weighted by atomic mass is 10.1. The molecule has 1 atom stereocenters. The number of esters is 1. The minimum absolute atomic E-state index is 0.196. The van der Waals surface area contributed by atoms with Crippen LogP contribution >= 0.6 is 12.2 Å². The van der Waals surface area contributed by atoms with Crippen LogP contribution in [0.5, 0.6) is 0 Å². The molecular weight excluding hydrogens is 340 g/mol. The first-order chi connectivity index (χ1) is 11.7. The second-order valence-corrected chi connectivity index (χ2v) is 6.92. The number of benzene rings is 1. The summed E-state index contributed by atoms with van der Waals surface area (Å²) in [5, 5.41) is 5.96. The molecule has 7 heteroatoms. The largest absolute Gasteiger partial charge is 0.465 e. The van der Waals surface area contributed by atoms with Crippen LogP contribution in [0.4, 0.5) is 5.69 Å². The molecule has 0 radical (unpaired) electrons. The average molecular weight is 366 g/mol. The van der Waals surface area contributed by atoms with Crippen molar-refractivity contribution in [1.82, 2.24) is 5.32 Å². The van der Waals surface area contributed by atoms with E-state index in [1.54, 1.807) is 24.3 Å². The molecule has 6 nitrogen and oxygen atoms in total. The van der Waals surface area contributed by atoms with E-state index in [2.05, 4.69) is 15.4 Å². The van der Waals surface area contributed by atoms with E-state index >= 15 is 0 Å². The molecule has 0 fully saturated rings. The summed E-state index contributed by atoms with van der Waals surface area (Å²) in [5.74, 6) is -0.638. The molecular formula is C18H26N2O4S. The van der Waals surface area contributed by atoms with Crippen molar-refractivity contribution in [3.63, 3.8) is 0 Å². The predicted octanol–water partition coefficient (Wildman–Crippen LogP) is 3.27. The zero-order chi connectivity index (χ0) is 19.0. The fourth-order valence-corrected chi connectivity index (χ4v) is 2.44. The van der Waals surface area contributed by atoms with Gasteiger partial charge in [-0.2, -0.15) is 0 Å². The quantitative estimate of drug-likeness (QED) is 0.594. The molecule has 0 saturated heterocycles. The van der Waals surface area contributed by atoms with Gasteiger partial charge in [-0.05, 0) is 63.7 Å². The molecule has 0 unspecified atom stereocenters. The van der Waals surface area contributed by atoms with Crippen molar-refractivity contribution in [2.45, 2.75) is 52.2 Å². The zero-order valence-electron chi connectivity index (χ0n) is 15.3. The van der Waals surface area contributed by atoms with Gasteiger partial charge in [0.05, 0.1) is 12.7 Å². The summed E-state index contributed by atoms with van der Waals surface area (Å²) in [6, 6.07) is 5.99. The van der Waals surface area contributed by atoms with Crippen LogP contribution in [0.1, 0.15) is 50.9 Å². The van der Waals surface area contributed by atoms with Crippen LogP contribution in [-0.4, -0.2) is 35.8 Å². The van der Waals surface area contributed by atoms with Gasteiger partial charge in [0.25, 0.3) is 5.17 Å². The second-order valence-electron chi connectivity index (χ2n) is 6.55. The SMILES string of the molecule is CCC[C@H](NC(=S)OC(C)(C)C)C(=O)Nc1ccc(C(=O)OC)cc1. The highest BCUT2D eigenvalue weighted by Gasteiger charge is 2.22. The first-order valence-corrected chi connectivity index (χ1v) is 8.56. The topological polar surface area (TPSA) is 76.7 Å². The fraction of sp³-hybridized carbons (Fsp3) is 0.500. The Balaban J connectivity index is 2.72. The van der Waals surface area contributed by atoms with Gasteiger partial charge in [0, 0.05) is 5.69 Å². The van der Waals surface area contributed by atoms with E-state index in [1.807, 2.05) is 27.7 Å². The molecule has 0 aliphatic heterocycles. The molecule has 0 aliphatic rings. The molecule has 0 saturated carbocycles. The second kappa shape index (κ2) is 9.36. The number of carbonyl (C=O) groups is 2. The van der Waals surface area contributed by atoms with E-state index in [0.717, 1.165) is 6.42 Å². The Morgan fingerprint density at radius 1 is 1.20 bits per heavy atom. The van der Waals surface area contributed by atoms with Crippen LogP contribution in [0, 0.1) is 0 Å². The lowest BCUT2D eigenvalue weighted by molar-refractivity contribution is -0.118. The summed E-state index contributed by atoms with van der Waals surface area (Å²) in [6.07, 6.45) is 1.42. The van der Waals surface area contributed by atoms with Crippen molar-refractivity contribution in [2.75, 3.05) is 12.4 Å². The number of rotatable bonds is 6. The molecule has 0 aliphatic carbocycles. The normalized spacial score (nSPS) is 12.0. The lowest BCUT2D eigenvalue weighted by Crippen LogP contribution is -2.45. The highest BCUT2D eigenvalue weighted by Crippen LogP contribution is 2.12. The molecule has 25 heavy (non-hydrogen) atoms. The third kappa shape index (κ3) is 7.51. The number of hydrogen-bond acceptors (Lipinski definition) is 5. The van der Waals surface area contributed by atoms with E-state index in [4.69, 9.17) is 17.0 Å². The van der Waals surface area contributed by atoms with Gasteiger partial charge in [-0.3, -0.25) is 4.79 Å². The highest BCUT2D eigenvalue weighted by atomic mass is 32.1. The van der Waals surface area contributed by atoms with Gasteiger partial charge in [-0.1, -0.05) is 13.3 Å². The van der Waals surface area contributed by atoms with Crippen LogP contribution in [0.15, 0.2) is 24.3 Å². The molecule has 0 aromatic heterocycles. The maximum atomic E-state index is 12.5. The first-order valence-electron chi connectivity index (χ1n) is 8.15. The van der Waals surface area contributed by atoms with Crippen LogP contribution in [0.2, 0.25) is 0 Å². The van der Waals surface area contributed by atoms with Crippen molar-refractivity contribution >= 4 is 35.0 Å². The van der Waals surface area contributed by atoms with E-state index in [9.17, 15) is 9.59 Å². The average Bonchev–Trinajstić information content (AvgIpc) is 2.52. The number of anilines is 1. The molecule has 0 bridgehead atoms.